The van der Waals surface area contributed by atoms with Crippen LogP contribution in [0.5, 0.6) is 11.5 Å². The predicted octanol–water partition coefficient (Wildman–Crippen LogP) is 5.40. The minimum absolute atomic E-state index is 0.0698. The van der Waals surface area contributed by atoms with Crippen molar-refractivity contribution in [3.63, 3.8) is 0 Å². The third-order valence-electron chi connectivity index (χ3n) is 4.80. The summed E-state index contributed by atoms with van der Waals surface area (Å²) in [6.45, 7) is 4.78. The molecule has 0 saturated heterocycles. The molecule has 0 aliphatic carbocycles. The molecule has 0 unspecified atom stereocenters. The number of methoxy groups -OCH3 is 1. The van der Waals surface area contributed by atoms with Crippen LogP contribution in [0.4, 0.5) is 0 Å². The molecule has 0 amide bonds. The number of halogens is 1. The van der Waals surface area contributed by atoms with Crippen LogP contribution in [0.1, 0.15) is 50.3 Å². The summed E-state index contributed by atoms with van der Waals surface area (Å²) in [5.41, 5.74) is 2.14. The number of nitrogens with zero attached hydrogens (tertiary/aromatic N) is 1. The van der Waals surface area contributed by atoms with Crippen LogP contribution >= 0.6 is 11.6 Å². The van der Waals surface area contributed by atoms with Crippen LogP contribution in [0.2, 0.25) is 5.02 Å². The van der Waals surface area contributed by atoms with Gasteiger partial charge in [-0.15, -0.1) is 0 Å². The molecule has 2 atom stereocenters. The summed E-state index contributed by atoms with van der Waals surface area (Å²) in [6.07, 6.45) is 3.38. The van der Waals surface area contributed by atoms with Gasteiger partial charge in [0.2, 0.25) is 0 Å². The van der Waals surface area contributed by atoms with E-state index in [1.54, 1.807) is 7.11 Å². The molecule has 0 aromatic heterocycles. The molecule has 1 heterocycles. The first-order valence-electron chi connectivity index (χ1n) is 9.57. The predicted molar refractivity (Wildman–Crippen MR) is 111 cm³/mol. The maximum atomic E-state index is 6.07. The van der Waals surface area contributed by atoms with Crippen LogP contribution in [0.15, 0.2) is 47.5 Å². The normalized spacial score (nSPS) is 18.7. The van der Waals surface area contributed by atoms with Gasteiger partial charge in [-0.1, -0.05) is 43.5 Å². The van der Waals surface area contributed by atoms with E-state index in [1.165, 1.54) is 5.56 Å². The van der Waals surface area contributed by atoms with Crippen LogP contribution in [0.3, 0.4) is 0 Å². The summed E-state index contributed by atoms with van der Waals surface area (Å²) in [5.74, 6) is 2.44. The fourth-order valence-corrected chi connectivity index (χ4v) is 3.52. The molecule has 0 fully saturated rings. The molecule has 1 aliphatic rings. The van der Waals surface area contributed by atoms with Crippen LogP contribution in [0.25, 0.3) is 0 Å². The van der Waals surface area contributed by atoms with Gasteiger partial charge < -0.3 is 14.8 Å². The first kappa shape index (κ1) is 19.6. The second-order valence-corrected chi connectivity index (χ2v) is 7.10. The summed E-state index contributed by atoms with van der Waals surface area (Å²) in [6, 6.07) is 14.2. The van der Waals surface area contributed by atoms with Gasteiger partial charge in [0.05, 0.1) is 31.4 Å². The summed E-state index contributed by atoms with van der Waals surface area (Å²) in [7, 11) is 1.66. The first-order chi connectivity index (χ1) is 13.2. The van der Waals surface area contributed by atoms with Gasteiger partial charge in [0.25, 0.3) is 0 Å². The Labute approximate surface area is 166 Å². The molecule has 0 saturated carbocycles. The topological polar surface area (TPSA) is 42.8 Å². The van der Waals surface area contributed by atoms with Crippen LogP contribution in [-0.2, 0) is 0 Å². The van der Waals surface area contributed by atoms with Crippen LogP contribution < -0.4 is 14.8 Å². The maximum absolute atomic E-state index is 6.07. The van der Waals surface area contributed by atoms with E-state index < -0.39 is 0 Å². The molecule has 2 aromatic rings. The van der Waals surface area contributed by atoms with E-state index >= 15 is 0 Å². The average molecular weight is 387 g/mol. The first-order valence-corrected chi connectivity index (χ1v) is 9.95. The Bertz CT molecular complexity index is 789. The minimum atomic E-state index is 0.0698. The van der Waals surface area contributed by atoms with Crippen molar-refractivity contribution in [3.8, 4) is 11.5 Å². The van der Waals surface area contributed by atoms with Gasteiger partial charge in [-0.25, -0.2) is 0 Å². The van der Waals surface area contributed by atoms with Crippen LogP contribution in [-0.4, -0.2) is 25.6 Å². The Morgan fingerprint density at radius 1 is 1.11 bits per heavy atom. The molecule has 4 nitrogen and oxygen atoms in total. The molecule has 0 bridgehead atoms. The third-order valence-corrected chi connectivity index (χ3v) is 5.05. The second kappa shape index (κ2) is 9.14. The van der Waals surface area contributed by atoms with Gasteiger partial charge in [-0.3, -0.25) is 4.99 Å². The van der Waals surface area contributed by atoms with Crippen molar-refractivity contribution >= 4 is 17.4 Å². The van der Waals surface area contributed by atoms with E-state index in [-0.39, 0.29) is 12.1 Å². The number of ether oxygens (including phenoxy) is 2. The summed E-state index contributed by atoms with van der Waals surface area (Å²) in [5, 5.41) is 4.38. The smallest absolute Gasteiger partial charge is 0.133 e. The number of unbranched alkanes of at least 4 members (excludes halogenated alkanes) is 1. The van der Waals surface area contributed by atoms with Crippen molar-refractivity contribution < 1.29 is 9.47 Å². The Morgan fingerprint density at radius 2 is 1.89 bits per heavy atom. The molecular weight excluding hydrogens is 360 g/mol. The Hall–Kier alpha value is -2.20. The number of benzene rings is 2. The maximum Gasteiger partial charge on any atom is 0.133 e. The van der Waals surface area contributed by atoms with Crippen molar-refractivity contribution in [2.75, 3.05) is 13.7 Å². The van der Waals surface area contributed by atoms with Gasteiger partial charge in [0.15, 0.2) is 0 Å². The van der Waals surface area contributed by atoms with Crippen molar-refractivity contribution in [1.29, 1.82) is 0 Å². The zero-order valence-electron chi connectivity index (χ0n) is 16.2. The zero-order chi connectivity index (χ0) is 19.2. The number of amidine groups is 1. The van der Waals surface area contributed by atoms with Gasteiger partial charge in [-0.2, -0.15) is 0 Å². The lowest BCUT2D eigenvalue weighted by molar-refractivity contribution is 0.335. The standard InChI is InChI=1S/C22H27ClN2O2/c1-4-6-7-19-21(15-8-10-16(23)11-9-15)25-22(24-19)18-13-12-17(26-3)14-20(18)27-5-2/h8-14,19,21H,4-7H2,1-3H3,(H,24,25)/t19-,21+/m1/s1. The highest BCUT2D eigenvalue weighted by Crippen LogP contribution is 2.33. The second-order valence-electron chi connectivity index (χ2n) is 6.66. The summed E-state index contributed by atoms with van der Waals surface area (Å²) < 4.78 is 11.2. The van der Waals surface area contributed by atoms with E-state index in [4.69, 9.17) is 26.1 Å². The van der Waals surface area contributed by atoms with Gasteiger partial charge in [-0.05, 0) is 43.2 Å². The number of nitrogens with one attached hydrogen (secondary N) is 1. The summed E-state index contributed by atoms with van der Waals surface area (Å²) in [4.78, 5) is 5.03. The van der Waals surface area contributed by atoms with Gasteiger partial charge >= 0.3 is 0 Å². The monoisotopic (exact) mass is 386 g/mol. The highest BCUT2D eigenvalue weighted by Gasteiger charge is 2.31. The van der Waals surface area contributed by atoms with E-state index in [9.17, 15) is 0 Å². The SMILES string of the molecule is CCCC[C@H]1NC(c2ccc(OC)cc2OCC)=N[C@H]1c1ccc(Cl)cc1. The highest BCUT2D eigenvalue weighted by atomic mass is 35.5. The molecule has 3 rings (SSSR count). The molecule has 27 heavy (non-hydrogen) atoms. The van der Waals surface area contributed by atoms with E-state index in [0.29, 0.717) is 6.61 Å². The number of rotatable bonds is 8. The van der Waals surface area contributed by atoms with Crippen molar-refractivity contribution in [2.24, 2.45) is 4.99 Å². The van der Waals surface area contributed by atoms with Crippen LogP contribution in [0, 0.1) is 0 Å². The summed E-state index contributed by atoms with van der Waals surface area (Å²) >= 11 is 6.07. The molecule has 2 aromatic carbocycles. The number of aliphatic imine (C=N–C) groups is 1. The molecular formula is C22H27ClN2O2. The Morgan fingerprint density at radius 3 is 2.56 bits per heavy atom. The molecule has 5 heteroatoms. The number of hydrogen-bond donors (Lipinski definition) is 1. The Kier molecular flexibility index (Phi) is 6.62. The average Bonchev–Trinajstić information content (AvgIpc) is 3.11. The zero-order valence-corrected chi connectivity index (χ0v) is 16.9. The van der Waals surface area contributed by atoms with Gasteiger partial charge in [0.1, 0.15) is 17.3 Å². The lowest BCUT2D eigenvalue weighted by atomic mass is 9.97. The lowest BCUT2D eigenvalue weighted by Gasteiger charge is -2.19. The molecule has 1 aliphatic heterocycles. The van der Waals surface area contributed by atoms with Crippen molar-refractivity contribution in [1.82, 2.24) is 5.32 Å². The fraction of sp³-hybridized carbons (Fsp3) is 0.409. The van der Waals surface area contributed by atoms with Gasteiger partial charge in [0, 0.05) is 11.1 Å². The fourth-order valence-electron chi connectivity index (χ4n) is 3.39. The van der Waals surface area contributed by atoms with E-state index in [0.717, 1.165) is 47.2 Å². The highest BCUT2D eigenvalue weighted by molar-refractivity contribution is 6.30. The molecule has 0 radical (unpaired) electrons. The minimum Gasteiger partial charge on any atom is -0.497 e. The molecule has 0 spiro atoms. The molecule has 144 valence electrons. The lowest BCUT2D eigenvalue weighted by Crippen LogP contribution is -2.32. The van der Waals surface area contributed by atoms with Crippen molar-refractivity contribution in [2.45, 2.75) is 45.2 Å². The third kappa shape index (κ3) is 4.56. The van der Waals surface area contributed by atoms with E-state index in [1.807, 2.05) is 37.3 Å². The quantitative estimate of drug-likeness (QED) is 0.660. The molecule has 1 N–H and O–H groups in total. The van der Waals surface area contributed by atoms with E-state index in [2.05, 4.69) is 24.4 Å². The largest absolute Gasteiger partial charge is 0.497 e. The van der Waals surface area contributed by atoms with Crippen molar-refractivity contribution in [3.05, 3.63) is 58.6 Å². The number of hydrogen-bond acceptors (Lipinski definition) is 4. The Balaban J connectivity index is 1.95.